The molecule has 7 heteroatoms. The van der Waals surface area contributed by atoms with Gasteiger partial charge in [-0.1, -0.05) is 18.2 Å². The van der Waals surface area contributed by atoms with Crippen molar-refractivity contribution in [2.75, 3.05) is 13.2 Å². The van der Waals surface area contributed by atoms with Crippen LogP contribution in [0.5, 0.6) is 0 Å². The normalized spacial score (nSPS) is 9.96. The number of carboxylic acid groups (broad SMARTS) is 1. The number of hydrogen-bond acceptors (Lipinski definition) is 5. The van der Waals surface area contributed by atoms with E-state index in [4.69, 9.17) is 14.6 Å². The second-order valence-corrected chi connectivity index (χ2v) is 4.36. The third-order valence-electron chi connectivity index (χ3n) is 2.70. The van der Waals surface area contributed by atoms with E-state index in [1.54, 1.807) is 25.1 Å². The summed E-state index contributed by atoms with van der Waals surface area (Å²) in [6.07, 6.45) is 3.98. The summed E-state index contributed by atoms with van der Waals surface area (Å²) in [6, 6.07) is 5.87. The number of rotatable bonds is 8. The maximum atomic E-state index is 11.8. The Morgan fingerprint density at radius 1 is 1.04 bits per heavy atom. The summed E-state index contributed by atoms with van der Waals surface area (Å²) in [4.78, 5) is 33.8. The van der Waals surface area contributed by atoms with Crippen molar-refractivity contribution in [2.45, 2.75) is 19.8 Å². The van der Waals surface area contributed by atoms with E-state index in [-0.39, 0.29) is 62.1 Å². The first-order valence-corrected chi connectivity index (χ1v) is 6.85. The topological polar surface area (TPSA) is 89.9 Å². The Morgan fingerprint density at radius 2 is 1.61 bits per heavy atom. The van der Waals surface area contributed by atoms with Crippen LogP contribution >= 0.6 is 0 Å². The second-order valence-electron chi connectivity index (χ2n) is 4.36. The van der Waals surface area contributed by atoms with Gasteiger partial charge in [-0.15, -0.1) is 0 Å². The van der Waals surface area contributed by atoms with Gasteiger partial charge in [0.15, 0.2) is 0 Å². The fourth-order valence-electron chi connectivity index (χ4n) is 1.65. The molecule has 0 fully saturated rings. The summed E-state index contributed by atoms with van der Waals surface area (Å²) in [7, 11) is 0. The first kappa shape index (κ1) is 21.6. The first-order chi connectivity index (χ1) is 10.6. The molecule has 0 aliphatic heterocycles. The van der Waals surface area contributed by atoms with Gasteiger partial charge in [0, 0.05) is 6.08 Å². The van der Waals surface area contributed by atoms with E-state index >= 15 is 0 Å². The van der Waals surface area contributed by atoms with Crippen LogP contribution in [-0.2, 0) is 14.3 Å². The van der Waals surface area contributed by atoms with Gasteiger partial charge in [0.2, 0.25) is 0 Å². The zero-order chi connectivity index (χ0) is 16.4. The maximum absolute atomic E-state index is 11.8. The molecule has 0 aromatic heterocycles. The van der Waals surface area contributed by atoms with Crippen molar-refractivity contribution in [3.05, 3.63) is 47.5 Å². The van der Waals surface area contributed by atoms with Crippen molar-refractivity contribution >= 4 is 55.6 Å². The summed E-state index contributed by atoms with van der Waals surface area (Å²) in [5, 5.41) is 8.99. The molecular weight excluding hydrogens is 328 g/mol. The van der Waals surface area contributed by atoms with Crippen molar-refractivity contribution in [3.8, 4) is 0 Å². The third-order valence-corrected chi connectivity index (χ3v) is 2.70. The zero-order valence-corrected chi connectivity index (χ0v) is 12.3. The Balaban J connectivity index is 0.00000484. The number of hydrogen-bond donors (Lipinski definition) is 1. The van der Waals surface area contributed by atoms with Crippen molar-refractivity contribution in [3.63, 3.8) is 0 Å². The average Bonchev–Trinajstić information content (AvgIpc) is 2.50. The van der Waals surface area contributed by atoms with Gasteiger partial charge < -0.3 is 14.6 Å². The molecule has 0 bridgehead atoms. The third kappa shape index (κ3) is 8.16. The van der Waals surface area contributed by atoms with Gasteiger partial charge in [-0.2, -0.15) is 0 Å². The van der Waals surface area contributed by atoms with Gasteiger partial charge in [0.25, 0.3) is 0 Å². The van der Waals surface area contributed by atoms with Crippen LogP contribution in [0.15, 0.2) is 36.4 Å². The summed E-state index contributed by atoms with van der Waals surface area (Å²) in [6.45, 7) is 2.09. The monoisotopic (exact) mass is 348 g/mol. The van der Waals surface area contributed by atoms with Crippen LogP contribution in [0.1, 0.15) is 40.5 Å². The van der Waals surface area contributed by atoms with E-state index in [1.165, 1.54) is 18.2 Å². The SMILES string of the molecule is CC=CC(=O)OCCCCOC(=O)c1ccccc1C(=O)O.[CaH2]. The van der Waals surface area contributed by atoms with Crippen LogP contribution < -0.4 is 0 Å². The molecule has 122 valence electrons. The summed E-state index contributed by atoms with van der Waals surface area (Å²) in [5.41, 5.74) is -0.0673. The summed E-state index contributed by atoms with van der Waals surface area (Å²) < 4.78 is 9.90. The van der Waals surface area contributed by atoms with E-state index in [0.29, 0.717) is 12.8 Å². The average molecular weight is 348 g/mol. The Kier molecular flexibility index (Phi) is 11.4. The molecule has 0 aliphatic rings. The number of benzene rings is 1. The van der Waals surface area contributed by atoms with E-state index < -0.39 is 17.9 Å². The van der Waals surface area contributed by atoms with Gasteiger partial charge in [-0.3, -0.25) is 0 Å². The van der Waals surface area contributed by atoms with Crippen molar-refractivity contribution < 1.29 is 29.0 Å². The number of allylic oxidation sites excluding steroid dienone is 1. The van der Waals surface area contributed by atoms with Crippen LogP contribution in [0.3, 0.4) is 0 Å². The minimum atomic E-state index is -1.18. The van der Waals surface area contributed by atoms with Crippen molar-refractivity contribution in [1.82, 2.24) is 0 Å². The predicted molar refractivity (Wildman–Crippen MR) is 87.2 cm³/mol. The van der Waals surface area contributed by atoms with Crippen LogP contribution in [0, 0.1) is 0 Å². The number of unbranched alkanes of at least 4 members (excludes halogenated alkanes) is 1. The molecule has 1 rings (SSSR count). The van der Waals surface area contributed by atoms with Crippen LogP contribution in [0.2, 0.25) is 0 Å². The molecule has 0 saturated carbocycles. The van der Waals surface area contributed by atoms with Crippen molar-refractivity contribution in [1.29, 1.82) is 0 Å². The molecular formula is C16H20CaO6. The molecule has 0 atom stereocenters. The van der Waals surface area contributed by atoms with E-state index in [9.17, 15) is 14.4 Å². The van der Waals surface area contributed by atoms with E-state index in [0.717, 1.165) is 0 Å². The molecule has 6 nitrogen and oxygen atoms in total. The van der Waals surface area contributed by atoms with Gasteiger partial charge in [-0.25, -0.2) is 14.4 Å². The standard InChI is InChI=1S/C16H18O6.Ca.2H/c1-2-7-14(17)21-10-5-6-11-22-16(20)13-9-4-3-8-12(13)15(18)19;;;/h2-4,7-9H,5-6,10-11H2,1H3,(H,18,19);;;. The van der Waals surface area contributed by atoms with E-state index in [1.807, 2.05) is 0 Å². The molecule has 0 amide bonds. The molecule has 0 aliphatic carbocycles. The predicted octanol–water partition coefficient (Wildman–Crippen LogP) is 1.52. The number of aromatic carboxylic acids is 1. The number of carbonyl (C=O) groups is 3. The van der Waals surface area contributed by atoms with Crippen LogP contribution in [-0.4, -0.2) is 74.0 Å². The quantitative estimate of drug-likeness (QED) is 0.332. The van der Waals surface area contributed by atoms with Crippen LogP contribution in [0.25, 0.3) is 0 Å². The Labute approximate surface area is 164 Å². The Morgan fingerprint density at radius 3 is 2.17 bits per heavy atom. The van der Waals surface area contributed by atoms with Crippen LogP contribution in [0.4, 0.5) is 0 Å². The fourth-order valence-corrected chi connectivity index (χ4v) is 1.65. The number of carbonyl (C=O) groups excluding carboxylic acids is 2. The number of ether oxygens (including phenoxy) is 2. The Hall–Kier alpha value is -1.37. The summed E-state index contributed by atoms with van der Waals surface area (Å²) >= 11 is 0. The zero-order valence-electron chi connectivity index (χ0n) is 12.3. The molecule has 1 aromatic carbocycles. The molecule has 1 N–H and O–H groups in total. The molecule has 0 heterocycles. The fraction of sp³-hybridized carbons (Fsp3) is 0.312. The van der Waals surface area contributed by atoms with Gasteiger partial charge in [-0.05, 0) is 31.9 Å². The molecule has 23 heavy (non-hydrogen) atoms. The minimum absolute atomic E-state index is 0. The molecule has 0 unspecified atom stereocenters. The summed E-state index contributed by atoms with van der Waals surface area (Å²) in [5.74, 6) is -2.26. The van der Waals surface area contributed by atoms with Gasteiger partial charge >= 0.3 is 55.6 Å². The molecule has 0 radical (unpaired) electrons. The van der Waals surface area contributed by atoms with Gasteiger partial charge in [0.05, 0.1) is 24.3 Å². The number of esters is 2. The molecule has 0 saturated heterocycles. The molecule has 1 aromatic rings. The first-order valence-electron chi connectivity index (χ1n) is 6.85. The van der Waals surface area contributed by atoms with E-state index in [2.05, 4.69) is 0 Å². The Bertz CT molecular complexity index is 567. The van der Waals surface area contributed by atoms with Gasteiger partial charge in [0.1, 0.15) is 0 Å². The second kappa shape index (κ2) is 12.1. The number of carboxylic acids is 1. The molecule has 0 spiro atoms. The van der Waals surface area contributed by atoms with Crippen molar-refractivity contribution in [2.24, 2.45) is 0 Å².